The summed E-state index contributed by atoms with van der Waals surface area (Å²) < 4.78 is 101. The van der Waals surface area contributed by atoms with E-state index in [1.54, 1.807) is 41.3 Å². The summed E-state index contributed by atoms with van der Waals surface area (Å²) in [6.45, 7) is 0. The summed E-state index contributed by atoms with van der Waals surface area (Å²) in [5.41, 5.74) is 4.37. The van der Waals surface area contributed by atoms with Crippen molar-refractivity contribution in [3.05, 3.63) is 188 Å². The molecule has 0 amide bonds. The monoisotopic (exact) mass is 648 g/mol. The van der Waals surface area contributed by atoms with Crippen LogP contribution in [-0.2, 0) is 0 Å². The van der Waals surface area contributed by atoms with Crippen LogP contribution >= 0.6 is 0 Å². The normalized spacial score (nSPS) is 14.7. The molecule has 0 atom stereocenters. The van der Waals surface area contributed by atoms with E-state index in [2.05, 4.69) is 30.3 Å². The van der Waals surface area contributed by atoms with Crippen LogP contribution in [0.4, 0.5) is 17.1 Å². The maximum Gasteiger partial charge on any atom is 0.136 e. The van der Waals surface area contributed by atoms with E-state index in [1.807, 2.05) is 48.5 Å². The lowest BCUT2D eigenvalue weighted by Gasteiger charge is -2.26. The van der Waals surface area contributed by atoms with Gasteiger partial charge in [0.05, 0.1) is 15.1 Å². The van der Waals surface area contributed by atoms with Crippen LogP contribution in [0.1, 0.15) is 15.1 Å². The van der Waals surface area contributed by atoms with Crippen molar-refractivity contribution in [3.8, 4) is 22.3 Å². The summed E-state index contributed by atoms with van der Waals surface area (Å²) in [7, 11) is 0. The Morgan fingerprint density at radius 2 is 1.10 bits per heavy atom. The van der Waals surface area contributed by atoms with Gasteiger partial charge in [-0.3, -0.25) is 0 Å². The van der Waals surface area contributed by atoms with E-state index in [4.69, 9.17) is 19.5 Å². The molecule has 2 heteroatoms. The molecule has 9 aromatic carbocycles. The largest absolute Gasteiger partial charge is 0.456 e. The van der Waals surface area contributed by atoms with Gasteiger partial charge in [-0.15, -0.1) is 0 Å². The van der Waals surface area contributed by atoms with Gasteiger partial charge in [0.2, 0.25) is 0 Å². The summed E-state index contributed by atoms with van der Waals surface area (Å²) in [4.78, 5) is 1.64. The number of furan rings is 1. The van der Waals surface area contributed by atoms with Gasteiger partial charge in [0.1, 0.15) is 11.2 Å². The quantitative estimate of drug-likeness (QED) is 0.173. The second-order valence-electron chi connectivity index (χ2n) is 12.1. The molecular formula is C48H31NO. The van der Waals surface area contributed by atoms with Crippen LogP contribution < -0.4 is 4.90 Å². The molecule has 10 aromatic rings. The SMILES string of the molecule is [2H]c1cc2oc3c([2H])c([2H])c4cc(-c5ccc(N(c6ccc(-c7cc8ccccc8c8ccccc78)cc6)c6c([2H])c([2H])c([2H])c([2H])c6[2H])cc5)cc([2H])c4c3c2c([2H])c1[2H]. The fourth-order valence-corrected chi connectivity index (χ4v) is 6.94. The van der Waals surface area contributed by atoms with E-state index < -0.39 is 18.1 Å². The first-order valence-electron chi connectivity index (χ1n) is 21.7. The summed E-state index contributed by atoms with van der Waals surface area (Å²) in [6.07, 6.45) is 0. The zero-order valence-electron chi connectivity index (χ0n) is 37.4. The summed E-state index contributed by atoms with van der Waals surface area (Å²) in [6, 6.07) is 34.7. The van der Waals surface area contributed by atoms with Crippen LogP contribution in [0.2, 0.25) is 0 Å². The number of hydrogen-bond donors (Lipinski definition) is 0. The number of para-hydroxylation sites is 2. The molecule has 0 unspecified atom stereocenters. The molecule has 0 N–H and O–H groups in total. The van der Waals surface area contributed by atoms with Gasteiger partial charge in [0, 0.05) is 27.8 Å². The van der Waals surface area contributed by atoms with Gasteiger partial charge in [-0.25, -0.2) is 0 Å². The van der Waals surface area contributed by atoms with Crippen molar-refractivity contribution in [1.82, 2.24) is 0 Å². The zero-order valence-corrected chi connectivity index (χ0v) is 26.4. The molecule has 234 valence electrons. The minimum atomic E-state index is -0.499. The minimum Gasteiger partial charge on any atom is -0.456 e. The molecule has 0 spiro atoms. The Labute approximate surface area is 305 Å². The molecule has 0 radical (unpaired) electrons. The molecular weight excluding hydrogens is 607 g/mol. The van der Waals surface area contributed by atoms with Crippen LogP contribution in [0, 0.1) is 0 Å². The number of hydrogen-bond acceptors (Lipinski definition) is 2. The molecule has 0 saturated carbocycles. The Bertz CT molecular complexity index is 3460. The van der Waals surface area contributed by atoms with Gasteiger partial charge in [0.15, 0.2) is 0 Å². The Morgan fingerprint density at radius 1 is 0.400 bits per heavy atom. The summed E-state index contributed by atoms with van der Waals surface area (Å²) in [5, 5.41) is 5.54. The van der Waals surface area contributed by atoms with Crippen molar-refractivity contribution in [2.75, 3.05) is 4.90 Å². The number of anilines is 3. The second-order valence-corrected chi connectivity index (χ2v) is 12.1. The number of rotatable bonds is 5. The van der Waals surface area contributed by atoms with Gasteiger partial charge in [0.25, 0.3) is 0 Å². The molecule has 1 heterocycles. The van der Waals surface area contributed by atoms with Gasteiger partial charge >= 0.3 is 0 Å². The molecule has 50 heavy (non-hydrogen) atoms. The van der Waals surface area contributed by atoms with Crippen molar-refractivity contribution in [1.29, 1.82) is 0 Å². The molecule has 0 aliphatic rings. The van der Waals surface area contributed by atoms with E-state index in [-0.39, 0.29) is 81.4 Å². The number of benzene rings is 9. The van der Waals surface area contributed by atoms with Crippen molar-refractivity contribution >= 4 is 71.3 Å². The average Bonchev–Trinajstić information content (AvgIpc) is 3.66. The van der Waals surface area contributed by atoms with Gasteiger partial charge in [-0.1, -0.05) is 127 Å². The Morgan fingerprint density at radius 3 is 1.90 bits per heavy atom. The van der Waals surface area contributed by atoms with Crippen molar-refractivity contribution in [2.45, 2.75) is 0 Å². The number of fused-ring (bicyclic) bond motifs is 8. The predicted molar refractivity (Wildman–Crippen MR) is 212 cm³/mol. The molecule has 0 bridgehead atoms. The first-order chi connectivity index (χ1) is 29.3. The maximum absolute atomic E-state index is 9.15. The highest BCUT2D eigenvalue weighted by Gasteiger charge is 2.15. The lowest BCUT2D eigenvalue weighted by molar-refractivity contribution is 0.669. The van der Waals surface area contributed by atoms with Crippen LogP contribution in [0.3, 0.4) is 0 Å². The number of nitrogens with zero attached hydrogens (tertiary/aromatic N) is 1. The first-order valence-corrected chi connectivity index (χ1v) is 16.2. The second kappa shape index (κ2) is 11.5. The van der Waals surface area contributed by atoms with E-state index in [0.717, 1.165) is 32.7 Å². The topological polar surface area (TPSA) is 16.4 Å². The Balaban J connectivity index is 1.11. The first kappa shape index (κ1) is 19.4. The van der Waals surface area contributed by atoms with E-state index >= 15 is 0 Å². The van der Waals surface area contributed by atoms with E-state index in [0.29, 0.717) is 27.9 Å². The van der Waals surface area contributed by atoms with Crippen LogP contribution in [-0.4, -0.2) is 0 Å². The fourth-order valence-electron chi connectivity index (χ4n) is 6.94. The molecule has 0 saturated heterocycles. The minimum absolute atomic E-state index is 0.0127. The van der Waals surface area contributed by atoms with Crippen molar-refractivity contribution in [3.63, 3.8) is 0 Å². The fraction of sp³-hybridized carbons (Fsp3) is 0. The van der Waals surface area contributed by atoms with Crippen LogP contribution in [0.15, 0.2) is 192 Å². The van der Waals surface area contributed by atoms with Gasteiger partial charge in [-0.05, 0) is 115 Å². The molecule has 0 aliphatic carbocycles. The average molecular weight is 649 g/mol. The zero-order chi connectivity index (χ0) is 42.6. The highest BCUT2D eigenvalue weighted by atomic mass is 16.3. The Hall–Kier alpha value is -6.64. The lowest BCUT2D eigenvalue weighted by Crippen LogP contribution is -2.09. The van der Waals surface area contributed by atoms with Gasteiger partial charge in [-0.2, -0.15) is 0 Å². The summed E-state index contributed by atoms with van der Waals surface area (Å²) >= 11 is 0. The van der Waals surface area contributed by atoms with E-state index in [9.17, 15) is 0 Å². The third kappa shape index (κ3) is 4.65. The maximum atomic E-state index is 9.15. The van der Waals surface area contributed by atoms with E-state index in [1.165, 1.54) is 6.07 Å². The van der Waals surface area contributed by atoms with Crippen molar-refractivity contribution < 1.29 is 19.5 Å². The molecule has 0 aliphatic heterocycles. The summed E-state index contributed by atoms with van der Waals surface area (Å²) in [5.74, 6) is 0. The highest BCUT2D eigenvalue weighted by Crippen LogP contribution is 2.40. The smallest absolute Gasteiger partial charge is 0.136 e. The lowest BCUT2D eigenvalue weighted by atomic mass is 9.93. The molecule has 0 fully saturated rings. The van der Waals surface area contributed by atoms with Crippen LogP contribution in [0.5, 0.6) is 0 Å². The molecule has 10 rings (SSSR count). The predicted octanol–water partition coefficient (Wildman–Crippen LogP) is 13.8. The Kier molecular flexibility index (Phi) is 4.46. The van der Waals surface area contributed by atoms with Gasteiger partial charge < -0.3 is 9.32 Å². The molecule has 1 aromatic heterocycles. The standard InChI is InChI=1S/C48H31NO/c1-2-11-37(12-3-1)49(39-26-20-33(21-27-39)45-31-35-10-4-5-13-40(35)42-14-6-7-15-43(42)45)38-24-18-32(19-25-38)34-22-28-41-36(30-34)23-29-47-48(41)44-16-8-9-17-46(44)50-47/h1-31H/i1D,2D,3D,8D,9D,11D,12D,16D,23D,28D,29D. The van der Waals surface area contributed by atoms with Crippen molar-refractivity contribution in [2.24, 2.45) is 0 Å². The molecule has 2 nitrogen and oxygen atoms in total. The third-order valence-electron chi connectivity index (χ3n) is 9.27. The third-order valence-corrected chi connectivity index (χ3v) is 9.27. The van der Waals surface area contributed by atoms with Crippen LogP contribution in [0.25, 0.3) is 76.5 Å². The highest BCUT2D eigenvalue weighted by molar-refractivity contribution is 6.19.